The van der Waals surface area contributed by atoms with Gasteiger partial charge in [0.1, 0.15) is 5.82 Å². The largest absolute Gasteiger partial charge is 0.480 e. The predicted octanol–water partition coefficient (Wildman–Crippen LogP) is -0.0567. The number of nitrogens with zero attached hydrogens (tertiary/aromatic N) is 2. The SMILES string of the molecule is Cc1cc(NS(=O)(=O)C(C)C(=O)O)n(C)n1. The van der Waals surface area contributed by atoms with Gasteiger partial charge in [0.25, 0.3) is 0 Å². The maximum Gasteiger partial charge on any atom is 0.323 e. The lowest BCUT2D eigenvalue weighted by Gasteiger charge is -2.10. The van der Waals surface area contributed by atoms with Gasteiger partial charge in [-0.15, -0.1) is 0 Å². The summed E-state index contributed by atoms with van der Waals surface area (Å²) in [4.78, 5) is 10.6. The molecule has 8 heteroatoms. The Morgan fingerprint density at radius 2 is 2.19 bits per heavy atom. The minimum atomic E-state index is -3.93. The molecule has 1 heterocycles. The van der Waals surface area contributed by atoms with E-state index in [-0.39, 0.29) is 5.82 Å². The van der Waals surface area contributed by atoms with Crippen molar-refractivity contribution in [2.45, 2.75) is 19.1 Å². The molecule has 1 atom stereocenters. The highest BCUT2D eigenvalue weighted by Gasteiger charge is 2.28. The Morgan fingerprint density at radius 3 is 2.56 bits per heavy atom. The van der Waals surface area contributed by atoms with Crippen LogP contribution < -0.4 is 4.72 Å². The molecule has 1 rings (SSSR count). The molecule has 7 nitrogen and oxygen atoms in total. The van der Waals surface area contributed by atoms with E-state index in [0.717, 1.165) is 6.92 Å². The molecule has 0 radical (unpaired) electrons. The first kappa shape index (κ1) is 12.5. The van der Waals surface area contributed by atoms with Crippen molar-refractivity contribution in [1.82, 2.24) is 9.78 Å². The smallest absolute Gasteiger partial charge is 0.323 e. The predicted molar refractivity (Wildman–Crippen MR) is 57.6 cm³/mol. The molecule has 0 fully saturated rings. The van der Waals surface area contributed by atoms with Gasteiger partial charge in [0.15, 0.2) is 5.25 Å². The number of sulfonamides is 1. The maximum absolute atomic E-state index is 11.6. The fraction of sp³-hybridized carbons (Fsp3) is 0.500. The van der Waals surface area contributed by atoms with Crippen molar-refractivity contribution < 1.29 is 18.3 Å². The second kappa shape index (κ2) is 4.12. The Hall–Kier alpha value is -1.57. The highest BCUT2D eigenvalue weighted by molar-refractivity contribution is 7.94. The molecular weight excluding hydrogens is 234 g/mol. The van der Waals surface area contributed by atoms with Crippen LogP contribution in [0, 0.1) is 6.92 Å². The van der Waals surface area contributed by atoms with Gasteiger partial charge in [-0.25, -0.2) is 8.42 Å². The standard InChI is InChI=1S/C8H13N3O4S/c1-5-4-7(11(3)9-5)10-16(14,15)6(2)8(12)13/h4,6,10H,1-3H3,(H,12,13). The summed E-state index contributed by atoms with van der Waals surface area (Å²) in [5.41, 5.74) is 0.642. The molecule has 0 saturated carbocycles. The second-order valence-corrected chi connectivity index (χ2v) is 5.42. The number of anilines is 1. The monoisotopic (exact) mass is 247 g/mol. The number of aryl methyl sites for hydroxylation is 2. The van der Waals surface area contributed by atoms with Crippen molar-refractivity contribution in [3.8, 4) is 0 Å². The van der Waals surface area contributed by atoms with Crippen molar-refractivity contribution in [3.63, 3.8) is 0 Å². The summed E-state index contributed by atoms with van der Waals surface area (Å²) in [6, 6.07) is 1.52. The van der Waals surface area contributed by atoms with E-state index in [1.54, 1.807) is 14.0 Å². The molecule has 1 aromatic rings. The van der Waals surface area contributed by atoms with E-state index in [0.29, 0.717) is 5.69 Å². The fourth-order valence-corrected chi connectivity index (χ4v) is 2.00. The van der Waals surface area contributed by atoms with E-state index in [4.69, 9.17) is 5.11 Å². The normalized spacial score (nSPS) is 13.4. The quantitative estimate of drug-likeness (QED) is 0.776. The van der Waals surface area contributed by atoms with Gasteiger partial charge in [0.05, 0.1) is 5.69 Å². The number of aliphatic carboxylic acids is 1. The van der Waals surface area contributed by atoms with Crippen LogP contribution in [0.2, 0.25) is 0 Å². The van der Waals surface area contributed by atoms with Gasteiger partial charge >= 0.3 is 5.97 Å². The topological polar surface area (TPSA) is 101 Å². The van der Waals surface area contributed by atoms with E-state index < -0.39 is 21.2 Å². The van der Waals surface area contributed by atoms with Gasteiger partial charge in [-0.05, 0) is 13.8 Å². The molecule has 2 N–H and O–H groups in total. The molecule has 0 amide bonds. The molecule has 16 heavy (non-hydrogen) atoms. The molecule has 0 aliphatic rings. The lowest BCUT2D eigenvalue weighted by atomic mass is 10.5. The van der Waals surface area contributed by atoms with E-state index in [2.05, 4.69) is 9.82 Å². The maximum atomic E-state index is 11.6. The summed E-state index contributed by atoms with van der Waals surface area (Å²) >= 11 is 0. The van der Waals surface area contributed by atoms with Crippen molar-refractivity contribution in [1.29, 1.82) is 0 Å². The first-order valence-corrected chi connectivity index (χ1v) is 6.04. The summed E-state index contributed by atoms with van der Waals surface area (Å²) in [7, 11) is -2.37. The zero-order valence-corrected chi connectivity index (χ0v) is 9.95. The van der Waals surface area contributed by atoms with E-state index in [1.807, 2.05) is 0 Å². The van der Waals surface area contributed by atoms with E-state index in [1.165, 1.54) is 10.7 Å². The minimum Gasteiger partial charge on any atom is -0.480 e. The Balaban J connectivity index is 2.97. The van der Waals surface area contributed by atoms with E-state index >= 15 is 0 Å². The lowest BCUT2D eigenvalue weighted by Crippen LogP contribution is -2.32. The Kier molecular flexibility index (Phi) is 3.22. The number of carboxylic acids is 1. The summed E-state index contributed by atoms with van der Waals surface area (Å²) in [5.74, 6) is -1.16. The molecule has 0 spiro atoms. The van der Waals surface area contributed by atoms with Crippen LogP contribution in [0.4, 0.5) is 5.82 Å². The third-order valence-electron chi connectivity index (χ3n) is 2.06. The zero-order chi connectivity index (χ0) is 12.5. The molecule has 1 aromatic heterocycles. The number of aromatic nitrogens is 2. The molecule has 90 valence electrons. The number of hydrogen-bond donors (Lipinski definition) is 2. The van der Waals surface area contributed by atoms with Crippen molar-refractivity contribution in [2.24, 2.45) is 7.05 Å². The number of rotatable bonds is 4. The van der Waals surface area contributed by atoms with E-state index in [9.17, 15) is 13.2 Å². The molecule has 0 aromatic carbocycles. The average Bonchev–Trinajstić information content (AvgIpc) is 2.43. The van der Waals surface area contributed by atoms with Gasteiger partial charge in [-0.2, -0.15) is 5.10 Å². The van der Waals surface area contributed by atoms with Gasteiger partial charge in [0, 0.05) is 13.1 Å². The fourth-order valence-electron chi connectivity index (χ4n) is 1.07. The summed E-state index contributed by atoms with van der Waals surface area (Å²) in [6.45, 7) is 2.81. The van der Waals surface area contributed by atoms with Gasteiger partial charge in [-0.3, -0.25) is 14.2 Å². The second-order valence-electron chi connectivity index (χ2n) is 3.42. The van der Waals surface area contributed by atoms with Crippen LogP contribution in [0.3, 0.4) is 0 Å². The minimum absolute atomic E-state index is 0.241. The van der Waals surface area contributed by atoms with Crippen LogP contribution in [0.15, 0.2) is 6.07 Å². The van der Waals surface area contributed by atoms with Gasteiger partial charge in [0.2, 0.25) is 10.0 Å². The number of carbonyl (C=O) groups is 1. The molecule has 1 unspecified atom stereocenters. The first-order valence-electron chi connectivity index (χ1n) is 4.49. The van der Waals surface area contributed by atoms with Gasteiger partial charge < -0.3 is 5.11 Å². The van der Waals surface area contributed by atoms with Crippen LogP contribution in [-0.4, -0.2) is 34.5 Å². The summed E-state index contributed by atoms with van der Waals surface area (Å²) in [5, 5.41) is 11.1. The van der Waals surface area contributed by atoms with Crippen molar-refractivity contribution in [2.75, 3.05) is 4.72 Å². The molecule has 0 aliphatic heterocycles. The van der Waals surface area contributed by atoms with Crippen LogP contribution in [0.1, 0.15) is 12.6 Å². The zero-order valence-electron chi connectivity index (χ0n) is 9.13. The summed E-state index contributed by atoms with van der Waals surface area (Å²) in [6.07, 6.45) is 0. The number of carboxylic acid groups (broad SMARTS) is 1. The van der Waals surface area contributed by atoms with Crippen LogP contribution in [0.5, 0.6) is 0 Å². The average molecular weight is 247 g/mol. The van der Waals surface area contributed by atoms with Crippen molar-refractivity contribution >= 4 is 21.8 Å². The molecular formula is C8H13N3O4S. The Morgan fingerprint density at radius 1 is 1.62 bits per heavy atom. The Bertz CT molecular complexity index is 505. The summed E-state index contributed by atoms with van der Waals surface area (Å²) < 4.78 is 26.7. The number of hydrogen-bond acceptors (Lipinski definition) is 4. The highest BCUT2D eigenvalue weighted by Crippen LogP contribution is 2.12. The lowest BCUT2D eigenvalue weighted by molar-refractivity contribution is -0.136. The third-order valence-corrected chi connectivity index (χ3v) is 3.69. The molecule has 0 saturated heterocycles. The highest BCUT2D eigenvalue weighted by atomic mass is 32.2. The molecule has 0 aliphatic carbocycles. The van der Waals surface area contributed by atoms with Crippen LogP contribution in [0.25, 0.3) is 0 Å². The van der Waals surface area contributed by atoms with Crippen molar-refractivity contribution in [3.05, 3.63) is 11.8 Å². The van der Waals surface area contributed by atoms with Crippen LogP contribution in [-0.2, 0) is 21.9 Å². The Labute approximate surface area is 93.1 Å². The third kappa shape index (κ3) is 2.51. The van der Waals surface area contributed by atoms with Crippen LogP contribution >= 0.6 is 0 Å². The first-order chi connectivity index (χ1) is 7.24. The molecule has 0 bridgehead atoms. The van der Waals surface area contributed by atoms with Gasteiger partial charge in [-0.1, -0.05) is 0 Å². The number of nitrogens with one attached hydrogen (secondary N) is 1.